The summed E-state index contributed by atoms with van der Waals surface area (Å²) in [4.78, 5) is 14.4. The van der Waals surface area contributed by atoms with E-state index in [-0.39, 0.29) is 6.03 Å². The Labute approximate surface area is 131 Å². The summed E-state index contributed by atoms with van der Waals surface area (Å²) in [5.74, 6) is -0.932. The highest BCUT2D eigenvalue weighted by atomic mass is 32.2. The van der Waals surface area contributed by atoms with E-state index in [9.17, 15) is 13.6 Å². The molecule has 21 heavy (non-hydrogen) atoms. The fraction of sp³-hybridized carbons (Fsp3) is 0.500. The van der Waals surface area contributed by atoms with Gasteiger partial charge in [-0.05, 0) is 36.5 Å². The Morgan fingerprint density at radius 1 is 1.48 bits per heavy atom. The zero-order chi connectivity index (χ0) is 15.2. The van der Waals surface area contributed by atoms with Gasteiger partial charge in [0, 0.05) is 18.0 Å². The summed E-state index contributed by atoms with van der Waals surface area (Å²) in [5.41, 5.74) is 0.445. The van der Waals surface area contributed by atoms with Crippen molar-refractivity contribution >= 4 is 35.2 Å². The quantitative estimate of drug-likeness (QED) is 0.820. The van der Waals surface area contributed by atoms with Gasteiger partial charge in [-0.3, -0.25) is 0 Å². The van der Waals surface area contributed by atoms with Crippen molar-refractivity contribution in [3.8, 4) is 0 Å². The minimum absolute atomic E-state index is 0.207. The number of anilines is 1. The number of thioether (sulfide) groups is 2. The second kappa shape index (κ2) is 7.89. The highest BCUT2D eigenvalue weighted by Gasteiger charge is 2.26. The molecular formula is C14H18F2N2OS2. The van der Waals surface area contributed by atoms with Crippen molar-refractivity contribution in [2.75, 3.05) is 30.4 Å². The molecule has 1 unspecified atom stereocenters. The molecule has 1 N–H and O–H groups in total. The average Bonchev–Trinajstić information content (AvgIpc) is 2.89. The Bertz CT molecular complexity index is 488. The van der Waals surface area contributed by atoms with Crippen molar-refractivity contribution in [1.82, 2.24) is 4.90 Å². The number of hydrogen-bond acceptors (Lipinski definition) is 3. The lowest BCUT2D eigenvalue weighted by Crippen LogP contribution is -2.33. The van der Waals surface area contributed by atoms with E-state index in [1.54, 1.807) is 40.9 Å². The number of urea groups is 1. The van der Waals surface area contributed by atoms with Gasteiger partial charge in [-0.2, -0.15) is 20.5 Å². The van der Waals surface area contributed by atoms with E-state index in [2.05, 4.69) is 11.6 Å². The first-order valence-corrected chi connectivity index (χ1v) is 8.96. The van der Waals surface area contributed by atoms with Gasteiger partial charge in [-0.15, -0.1) is 0 Å². The van der Waals surface area contributed by atoms with Crippen LogP contribution in [0.2, 0.25) is 0 Å². The summed E-state index contributed by atoms with van der Waals surface area (Å²) >= 11 is 2.23. The van der Waals surface area contributed by atoms with Crippen LogP contribution in [0.5, 0.6) is 0 Å². The molecule has 0 saturated carbocycles. The average molecular weight is 332 g/mol. The molecule has 0 spiro atoms. The SMILES string of the molecule is CSCC1CCN(C(=O)Nc2ccccc2SC(F)F)C1. The second-order valence-electron chi connectivity index (χ2n) is 4.86. The first-order chi connectivity index (χ1) is 10.1. The van der Waals surface area contributed by atoms with Crippen LogP contribution in [0.1, 0.15) is 6.42 Å². The van der Waals surface area contributed by atoms with E-state index in [4.69, 9.17) is 0 Å². The molecule has 2 amide bonds. The summed E-state index contributed by atoms with van der Waals surface area (Å²) in [6.45, 7) is 1.46. The molecular weight excluding hydrogens is 314 g/mol. The summed E-state index contributed by atoms with van der Waals surface area (Å²) in [7, 11) is 0. The van der Waals surface area contributed by atoms with E-state index in [1.807, 2.05) is 0 Å². The number of likely N-dealkylation sites (tertiary alicyclic amines) is 1. The van der Waals surface area contributed by atoms with Crippen LogP contribution in [0.15, 0.2) is 29.2 Å². The monoisotopic (exact) mass is 332 g/mol. The van der Waals surface area contributed by atoms with Crippen LogP contribution >= 0.6 is 23.5 Å². The number of nitrogens with one attached hydrogen (secondary N) is 1. The van der Waals surface area contributed by atoms with Crippen molar-refractivity contribution in [2.24, 2.45) is 5.92 Å². The fourth-order valence-corrected chi connectivity index (χ4v) is 3.69. The first kappa shape index (κ1) is 16.4. The summed E-state index contributed by atoms with van der Waals surface area (Å²) in [6, 6.07) is 6.45. The normalized spacial score (nSPS) is 18.3. The van der Waals surface area contributed by atoms with Crippen LogP contribution < -0.4 is 5.32 Å². The lowest BCUT2D eigenvalue weighted by Gasteiger charge is -2.18. The van der Waals surface area contributed by atoms with Crippen molar-refractivity contribution in [1.29, 1.82) is 0 Å². The van der Waals surface area contributed by atoms with E-state index < -0.39 is 5.76 Å². The second-order valence-corrected chi connectivity index (χ2v) is 6.80. The summed E-state index contributed by atoms with van der Waals surface area (Å²) in [6.07, 6.45) is 3.06. The minimum Gasteiger partial charge on any atom is -0.324 e. The zero-order valence-corrected chi connectivity index (χ0v) is 13.4. The molecule has 0 radical (unpaired) electrons. The molecule has 3 nitrogen and oxygen atoms in total. The van der Waals surface area contributed by atoms with E-state index in [0.717, 1.165) is 25.3 Å². The Kier molecular flexibility index (Phi) is 6.17. The Balaban J connectivity index is 1.97. The van der Waals surface area contributed by atoms with Gasteiger partial charge in [0.05, 0.1) is 5.69 Å². The molecule has 1 aromatic carbocycles. The number of amides is 2. The van der Waals surface area contributed by atoms with Crippen LogP contribution in [0.4, 0.5) is 19.3 Å². The van der Waals surface area contributed by atoms with Crippen molar-refractivity contribution in [3.05, 3.63) is 24.3 Å². The number of alkyl halides is 2. The number of rotatable bonds is 5. The van der Waals surface area contributed by atoms with E-state index in [0.29, 0.717) is 28.3 Å². The maximum absolute atomic E-state index is 12.5. The number of carbonyl (C=O) groups is 1. The Morgan fingerprint density at radius 2 is 2.24 bits per heavy atom. The molecule has 7 heteroatoms. The van der Waals surface area contributed by atoms with Crippen molar-refractivity contribution in [3.63, 3.8) is 0 Å². The maximum atomic E-state index is 12.5. The van der Waals surface area contributed by atoms with Gasteiger partial charge >= 0.3 is 6.03 Å². The van der Waals surface area contributed by atoms with Crippen LogP contribution in [-0.4, -0.2) is 41.8 Å². The van der Waals surface area contributed by atoms with Crippen LogP contribution in [0.25, 0.3) is 0 Å². The van der Waals surface area contributed by atoms with Crippen LogP contribution in [0.3, 0.4) is 0 Å². The highest BCUT2D eigenvalue weighted by Crippen LogP contribution is 2.32. The topological polar surface area (TPSA) is 32.3 Å². The minimum atomic E-state index is -2.50. The molecule has 1 heterocycles. The van der Waals surface area contributed by atoms with Crippen molar-refractivity contribution in [2.45, 2.75) is 17.1 Å². The third-order valence-corrected chi connectivity index (χ3v) is 4.91. The third kappa shape index (κ3) is 4.78. The number of nitrogens with zero attached hydrogens (tertiary/aromatic N) is 1. The van der Waals surface area contributed by atoms with Gasteiger partial charge in [0.1, 0.15) is 0 Å². The zero-order valence-electron chi connectivity index (χ0n) is 11.7. The largest absolute Gasteiger partial charge is 0.324 e. The standard InChI is InChI=1S/C14H18F2N2OS2/c1-20-9-10-6-7-18(8-10)14(19)17-11-4-2-3-5-12(11)21-13(15)16/h2-5,10,13H,6-9H2,1H3,(H,17,19). The number of halogens is 2. The molecule has 1 aliphatic heterocycles. The molecule has 1 fully saturated rings. The molecule has 116 valence electrons. The van der Waals surface area contributed by atoms with Crippen LogP contribution in [-0.2, 0) is 0 Å². The molecule has 0 bridgehead atoms. The van der Waals surface area contributed by atoms with Gasteiger partial charge in [0.2, 0.25) is 0 Å². The van der Waals surface area contributed by atoms with E-state index in [1.165, 1.54) is 0 Å². The molecule has 1 aliphatic rings. The smallest absolute Gasteiger partial charge is 0.321 e. The molecule has 0 aromatic heterocycles. The highest BCUT2D eigenvalue weighted by molar-refractivity contribution is 7.99. The molecule has 1 atom stereocenters. The third-order valence-electron chi connectivity index (χ3n) is 3.32. The lowest BCUT2D eigenvalue weighted by atomic mass is 10.2. The first-order valence-electron chi connectivity index (χ1n) is 6.69. The number of carbonyl (C=O) groups excluding carboxylic acids is 1. The Morgan fingerprint density at radius 3 is 2.95 bits per heavy atom. The van der Waals surface area contributed by atoms with Gasteiger partial charge in [0.25, 0.3) is 5.76 Å². The number of benzene rings is 1. The van der Waals surface area contributed by atoms with Gasteiger partial charge in [0.15, 0.2) is 0 Å². The molecule has 1 saturated heterocycles. The molecule has 2 rings (SSSR count). The summed E-state index contributed by atoms with van der Waals surface area (Å²) < 4.78 is 25.0. The predicted molar refractivity (Wildman–Crippen MR) is 85.4 cm³/mol. The Hall–Kier alpha value is -0.950. The molecule has 0 aliphatic carbocycles. The van der Waals surface area contributed by atoms with Gasteiger partial charge in [-0.1, -0.05) is 23.9 Å². The van der Waals surface area contributed by atoms with Crippen LogP contribution in [0, 0.1) is 5.92 Å². The lowest BCUT2D eigenvalue weighted by molar-refractivity contribution is 0.221. The van der Waals surface area contributed by atoms with Crippen molar-refractivity contribution < 1.29 is 13.6 Å². The maximum Gasteiger partial charge on any atom is 0.321 e. The number of hydrogen-bond donors (Lipinski definition) is 1. The number of para-hydroxylation sites is 1. The van der Waals surface area contributed by atoms with E-state index >= 15 is 0 Å². The fourth-order valence-electron chi connectivity index (χ4n) is 2.35. The van der Waals surface area contributed by atoms with Gasteiger partial charge < -0.3 is 10.2 Å². The predicted octanol–water partition coefficient (Wildman–Crippen LogP) is 4.22. The summed E-state index contributed by atoms with van der Waals surface area (Å²) in [5, 5.41) is 2.75. The molecule has 1 aromatic rings. The van der Waals surface area contributed by atoms with Gasteiger partial charge in [-0.25, -0.2) is 4.79 Å².